The number of hydrogen-bond acceptors (Lipinski definition) is 2. The lowest BCUT2D eigenvalue weighted by atomic mass is 9.85. The van der Waals surface area contributed by atoms with Crippen LogP contribution in [0, 0.1) is 0 Å². The maximum atomic E-state index is 4.28. The van der Waals surface area contributed by atoms with Gasteiger partial charge < -0.3 is 10.6 Å². The van der Waals surface area contributed by atoms with Crippen LogP contribution in [0.2, 0.25) is 0 Å². The molecule has 0 saturated carbocycles. The van der Waals surface area contributed by atoms with Crippen LogP contribution >= 0.6 is 0 Å². The second-order valence-electron chi connectivity index (χ2n) is 5.98. The van der Waals surface area contributed by atoms with Crippen LogP contribution in [-0.2, 0) is 19.0 Å². The van der Waals surface area contributed by atoms with E-state index in [2.05, 4.69) is 58.8 Å². The van der Waals surface area contributed by atoms with Crippen molar-refractivity contribution in [2.24, 2.45) is 12.0 Å². The number of rotatable bonds is 5. The monoisotopic (exact) mass is 299 g/mol. The van der Waals surface area contributed by atoms with Gasteiger partial charge in [-0.25, -0.2) is 0 Å². The van der Waals surface area contributed by atoms with Gasteiger partial charge in [-0.2, -0.15) is 5.10 Å². The maximum Gasteiger partial charge on any atom is 0.191 e. The molecule has 118 valence electrons. The topological polar surface area (TPSA) is 54.2 Å². The smallest absolute Gasteiger partial charge is 0.191 e. The highest BCUT2D eigenvalue weighted by molar-refractivity contribution is 5.79. The molecule has 2 aromatic rings. The zero-order valence-electron chi connectivity index (χ0n) is 13.8. The molecule has 0 radical (unpaired) electrons. The summed E-state index contributed by atoms with van der Waals surface area (Å²) in [6, 6.07) is 12.5. The number of hydrogen-bond donors (Lipinski definition) is 2. The molecule has 1 aromatic carbocycles. The van der Waals surface area contributed by atoms with E-state index < -0.39 is 0 Å². The lowest BCUT2D eigenvalue weighted by Crippen LogP contribution is -2.43. The van der Waals surface area contributed by atoms with Gasteiger partial charge in [0.2, 0.25) is 0 Å². The van der Waals surface area contributed by atoms with Gasteiger partial charge in [0.15, 0.2) is 5.96 Å². The Morgan fingerprint density at radius 1 is 1.18 bits per heavy atom. The zero-order valence-corrected chi connectivity index (χ0v) is 13.8. The quantitative estimate of drug-likeness (QED) is 0.656. The molecule has 0 amide bonds. The Hall–Kier alpha value is -2.30. The third-order valence-corrected chi connectivity index (χ3v) is 3.84. The van der Waals surface area contributed by atoms with Gasteiger partial charge in [-0.3, -0.25) is 9.67 Å². The van der Waals surface area contributed by atoms with E-state index in [9.17, 15) is 0 Å². The van der Waals surface area contributed by atoms with Crippen molar-refractivity contribution in [1.29, 1.82) is 0 Å². The van der Waals surface area contributed by atoms with Crippen molar-refractivity contribution in [1.82, 2.24) is 20.4 Å². The van der Waals surface area contributed by atoms with Gasteiger partial charge in [0.25, 0.3) is 0 Å². The molecule has 5 heteroatoms. The Morgan fingerprint density at radius 3 is 2.50 bits per heavy atom. The Bertz CT molecular complexity index is 613. The van der Waals surface area contributed by atoms with Gasteiger partial charge in [-0.15, -0.1) is 0 Å². The van der Waals surface area contributed by atoms with Crippen molar-refractivity contribution in [3.05, 3.63) is 53.9 Å². The summed E-state index contributed by atoms with van der Waals surface area (Å²) >= 11 is 0. The van der Waals surface area contributed by atoms with Crippen molar-refractivity contribution in [2.75, 3.05) is 13.6 Å². The molecule has 0 bridgehead atoms. The summed E-state index contributed by atoms with van der Waals surface area (Å²) in [5.41, 5.74) is 2.46. The average Bonchev–Trinajstić information content (AvgIpc) is 2.93. The van der Waals surface area contributed by atoms with Crippen LogP contribution in [0.1, 0.15) is 25.1 Å². The summed E-state index contributed by atoms with van der Waals surface area (Å²) in [6.07, 6.45) is 1.80. The fraction of sp³-hybridized carbons (Fsp3) is 0.412. The second-order valence-corrected chi connectivity index (χ2v) is 5.98. The Balaban J connectivity index is 1.90. The molecule has 0 atom stereocenters. The summed E-state index contributed by atoms with van der Waals surface area (Å²) in [6.45, 7) is 5.96. The molecule has 2 N–H and O–H groups in total. The van der Waals surface area contributed by atoms with E-state index in [1.807, 2.05) is 23.9 Å². The molecule has 0 aliphatic rings. The van der Waals surface area contributed by atoms with Crippen molar-refractivity contribution in [2.45, 2.75) is 25.8 Å². The molecule has 1 aromatic heterocycles. The van der Waals surface area contributed by atoms with E-state index in [1.165, 1.54) is 5.56 Å². The van der Waals surface area contributed by atoms with Crippen LogP contribution in [-0.4, -0.2) is 29.3 Å². The van der Waals surface area contributed by atoms with Crippen molar-refractivity contribution >= 4 is 5.96 Å². The van der Waals surface area contributed by atoms with Crippen LogP contribution < -0.4 is 10.6 Å². The lowest BCUT2D eigenvalue weighted by molar-refractivity contribution is 0.508. The van der Waals surface area contributed by atoms with E-state index in [0.717, 1.165) is 18.2 Å². The number of nitrogens with zero attached hydrogens (tertiary/aromatic N) is 3. The highest BCUT2D eigenvalue weighted by Crippen LogP contribution is 2.21. The van der Waals surface area contributed by atoms with Gasteiger partial charge in [-0.1, -0.05) is 44.2 Å². The fourth-order valence-electron chi connectivity index (χ4n) is 2.27. The number of aromatic nitrogens is 2. The van der Waals surface area contributed by atoms with E-state index in [1.54, 1.807) is 13.2 Å². The van der Waals surface area contributed by atoms with Crippen LogP contribution in [0.3, 0.4) is 0 Å². The first-order chi connectivity index (χ1) is 10.5. The summed E-state index contributed by atoms with van der Waals surface area (Å²) in [5, 5.41) is 10.9. The molecule has 0 unspecified atom stereocenters. The molecule has 22 heavy (non-hydrogen) atoms. The number of aryl methyl sites for hydroxylation is 1. The first-order valence-corrected chi connectivity index (χ1v) is 7.50. The predicted octanol–water partition coefficient (Wildman–Crippen LogP) is 2.06. The minimum absolute atomic E-state index is 0.0331. The van der Waals surface area contributed by atoms with Crippen molar-refractivity contribution in [3.8, 4) is 0 Å². The molecule has 0 spiro atoms. The number of aliphatic imine (C=N–C) groups is 1. The first-order valence-electron chi connectivity index (χ1n) is 7.50. The molecule has 0 fully saturated rings. The van der Waals surface area contributed by atoms with E-state index in [0.29, 0.717) is 6.54 Å². The molecule has 0 aliphatic carbocycles. The molecule has 0 saturated heterocycles. The molecule has 5 nitrogen and oxygen atoms in total. The number of benzene rings is 1. The maximum absolute atomic E-state index is 4.28. The van der Waals surface area contributed by atoms with Gasteiger partial charge in [0, 0.05) is 32.3 Å². The van der Waals surface area contributed by atoms with Crippen LogP contribution in [0.25, 0.3) is 0 Å². The predicted molar refractivity (Wildman–Crippen MR) is 90.9 cm³/mol. The SMILES string of the molecule is CN=C(NCc1ccnn1C)NCC(C)(C)c1ccccc1. The summed E-state index contributed by atoms with van der Waals surface area (Å²) in [5.74, 6) is 0.796. The molecule has 1 heterocycles. The minimum Gasteiger partial charge on any atom is -0.356 e. The van der Waals surface area contributed by atoms with Gasteiger partial charge in [0.1, 0.15) is 0 Å². The average molecular weight is 299 g/mol. The molecule has 2 rings (SSSR count). The van der Waals surface area contributed by atoms with E-state index in [-0.39, 0.29) is 5.41 Å². The molecular weight excluding hydrogens is 274 g/mol. The second kappa shape index (κ2) is 7.11. The summed E-state index contributed by atoms with van der Waals surface area (Å²) in [4.78, 5) is 4.28. The third kappa shape index (κ3) is 4.10. The molecule has 0 aliphatic heterocycles. The number of guanidine groups is 1. The van der Waals surface area contributed by atoms with Crippen LogP contribution in [0.15, 0.2) is 47.6 Å². The van der Waals surface area contributed by atoms with Gasteiger partial charge in [0.05, 0.1) is 12.2 Å². The first kappa shape index (κ1) is 16.1. The number of nitrogens with one attached hydrogen (secondary N) is 2. The summed E-state index contributed by atoms with van der Waals surface area (Å²) < 4.78 is 1.86. The van der Waals surface area contributed by atoms with Crippen LogP contribution in [0.4, 0.5) is 0 Å². The highest BCUT2D eigenvalue weighted by Gasteiger charge is 2.20. The Kier molecular flexibility index (Phi) is 5.20. The molecular formula is C17H25N5. The standard InChI is InChI=1S/C17H25N5/c1-17(2,14-8-6-5-7-9-14)13-20-16(18-3)19-12-15-10-11-21-22(15)4/h5-11H,12-13H2,1-4H3,(H2,18,19,20). The van der Waals surface area contributed by atoms with Gasteiger partial charge >= 0.3 is 0 Å². The van der Waals surface area contributed by atoms with Crippen LogP contribution in [0.5, 0.6) is 0 Å². The van der Waals surface area contributed by atoms with Gasteiger partial charge in [-0.05, 0) is 11.6 Å². The fourth-order valence-corrected chi connectivity index (χ4v) is 2.27. The summed E-state index contributed by atoms with van der Waals surface area (Å²) in [7, 11) is 3.72. The van der Waals surface area contributed by atoms with Crippen molar-refractivity contribution < 1.29 is 0 Å². The van der Waals surface area contributed by atoms with E-state index >= 15 is 0 Å². The highest BCUT2D eigenvalue weighted by atomic mass is 15.3. The largest absolute Gasteiger partial charge is 0.356 e. The Morgan fingerprint density at radius 2 is 1.91 bits per heavy atom. The zero-order chi connectivity index (χ0) is 16.0. The minimum atomic E-state index is 0.0331. The Labute approximate surface area is 132 Å². The lowest BCUT2D eigenvalue weighted by Gasteiger charge is -2.26. The normalized spacial score (nSPS) is 12.3. The third-order valence-electron chi connectivity index (χ3n) is 3.84. The van der Waals surface area contributed by atoms with Crippen molar-refractivity contribution in [3.63, 3.8) is 0 Å². The van der Waals surface area contributed by atoms with E-state index in [4.69, 9.17) is 0 Å².